The molecule has 0 saturated carbocycles. The number of aliphatic hydroxyl groups excluding tert-OH is 1. The predicted molar refractivity (Wildman–Crippen MR) is 146 cm³/mol. The van der Waals surface area contributed by atoms with E-state index in [-0.39, 0.29) is 6.61 Å². The van der Waals surface area contributed by atoms with Gasteiger partial charge in [-0.1, -0.05) is 77.6 Å². The van der Waals surface area contributed by atoms with Crippen LogP contribution in [0.1, 0.15) is 107 Å². The highest BCUT2D eigenvalue weighted by molar-refractivity contribution is 5.91. The van der Waals surface area contributed by atoms with Crippen LogP contribution in [-0.2, 0) is 0 Å². The minimum absolute atomic E-state index is 0.285. The van der Waals surface area contributed by atoms with Gasteiger partial charge in [0.25, 0.3) is 0 Å². The van der Waals surface area contributed by atoms with E-state index in [1.165, 1.54) is 51.4 Å². The smallest absolute Gasteiger partial charge is 0.343 e. The summed E-state index contributed by atoms with van der Waals surface area (Å²) < 4.78 is 17.1. The lowest BCUT2D eigenvalue weighted by Crippen LogP contribution is -2.08. The first kappa shape index (κ1) is 29.7. The molecule has 36 heavy (non-hydrogen) atoms. The Hall–Kier alpha value is -2.53. The molecule has 2 aromatic carbocycles. The molecule has 0 heterocycles. The van der Waals surface area contributed by atoms with Gasteiger partial charge in [0, 0.05) is 6.61 Å². The SMILES string of the molecule is CCCCCCCCCCOc1ccc(OC(=O)c2ccc(OCCCCCCCCO)cc2)cc1. The normalized spacial score (nSPS) is 10.8. The zero-order chi connectivity index (χ0) is 25.7. The molecular weight excluding hydrogens is 452 g/mol. The van der Waals surface area contributed by atoms with E-state index in [4.69, 9.17) is 19.3 Å². The minimum Gasteiger partial charge on any atom is -0.494 e. The van der Waals surface area contributed by atoms with Crippen LogP contribution in [-0.4, -0.2) is 30.9 Å². The molecule has 2 aromatic rings. The van der Waals surface area contributed by atoms with Crippen molar-refractivity contribution in [3.63, 3.8) is 0 Å². The van der Waals surface area contributed by atoms with Gasteiger partial charge in [0.1, 0.15) is 17.2 Å². The van der Waals surface area contributed by atoms with Crippen molar-refractivity contribution in [3.05, 3.63) is 54.1 Å². The zero-order valence-corrected chi connectivity index (χ0v) is 22.2. The van der Waals surface area contributed by atoms with Gasteiger partial charge in [0.15, 0.2) is 0 Å². The zero-order valence-electron chi connectivity index (χ0n) is 22.2. The van der Waals surface area contributed by atoms with E-state index in [9.17, 15) is 4.79 Å². The first-order chi connectivity index (χ1) is 17.7. The Morgan fingerprint density at radius 3 is 1.50 bits per heavy atom. The molecule has 0 bridgehead atoms. The monoisotopic (exact) mass is 498 g/mol. The number of hydrogen-bond acceptors (Lipinski definition) is 5. The molecule has 5 heteroatoms. The first-order valence-electron chi connectivity index (χ1n) is 14.0. The standard InChI is InChI=1S/C31H46O5/c1-2-3-4-5-6-8-11-14-26-35-29-20-22-30(23-21-29)36-31(33)27-16-18-28(19-17-27)34-25-15-12-9-7-10-13-24-32/h16-23,32H,2-15,24-26H2,1H3. The van der Waals surface area contributed by atoms with Gasteiger partial charge in [-0.15, -0.1) is 0 Å². The number of rotatable bonds is 21. The number of carbonyl (C=O) groups excluding carboxylic acids is 1. The number of ether oxygens (including phenoxy) is 3. The highest BCUT2D eigenvalue weighted by Gasteiger charge is 2.09. The van der Waals surface area contributed by atoms with Crippen LogP contribution in [0.4, 0.5) is 0 Å². The van der Waals surface area contributed by atoms with Gasteiger partial charge in [-0.05, 0) is 67.8 Å². The molecule has 0 saturated heterocycles. The molecule has 0 fully saturated rings. The van der Waals surface area contributed by atoms with Crippen LogP contribution in [0.5, 0.6) is 17.2 Å². The molecule has 0 aliphatic carbocycles. The average molecular weight is 499 g/mol. The van der Waals surface area contributed by atoms with Gasteiger partial charge in [-0.3, -0.25) is 0 Å². The van der Waals surface area contributed by atoms with Crippen molar-refractivity contribution in [2.75, 3.05) is 19.8 Å². The maximum atomic E-state index is 12.5. The summed E-state index contributed by atoms with van der Waals surface area (Å²) in [6, 6.07) is 14.3. The predicted octanol–water partition coefficient (Wildman–Crippen LogP) is 8.14. The fourth-order valence-corrected chi connectivity index (χ4v) is 3.99. The summed E-state index contributed by atoms with van der Waals surface area (Å²) in [5.41, 5.74) is 0.487. The maximum Gasteiger partial charge on any atom is 0.343 e. The number of carbonyl (C=O) groups is 1. The third-order valence-corrected chi connectivity index (χ3v) is 6.21. The molecule has 0 spiro atoms. The third kappa shape index (κ3) is 13.5. The second-order valence-corrected chi connectivity index (χ2v) is 9.40. The Balaban J connectivity index is 1.59. The van der Waals surface area contributed by atoms with Crippen molar-refractivity contribution in [3.8, 4) is 17.2 Å². The van der Waals surface area contributed by atoms with Crippen molar-refractivity contribution in [1.29, 1.82) is 0 Å². The van der Waals surface area contributed by atoms with Crippen LogP contribution >= 0.6 is 0 Å². The fraction of sp³-hybridized carbons (Fsp3) is 0.581. The molecule has 0 aliphatic heterocycles. The van der Waals surface area contributed by atoms with Crippen LogP contribution < -0.4 is 14.2 Å². The summed E-state index contributed by atoms with van der Waals surface area (Å²) in [5.74, 6) is 1.66. The van der Waals surface area contributed by atoms with E-state index in [0.29, 0.717) is 24.5 Å². The number of unbranched alkanes of at least 4 members (excludes halogenated alkanes) is 12. The number of benzene rings is 2. The van der Waals surface area contributed by atoms with Crippen molar-refractivity contribution in [1.82, 2.24) is 0 Å². The van der Waals surface area contributed by atoms with Crippen LogP contribution in [0.25, 0.3) is 0 Å². The van der Waals surface area contributed by atoms with Gasteiger partial charge >= 0.3 is 5.97 Å². The van der Waals surface area contributed by atoms with Crippen molar-refractivity contribution < 1.29 is 24.1 Å². The summed E-state index contributed by atoms with van der Waals surface area (Å²) in [6.45, 7) is 3.91. The Morgan fingerprint density at radius 2 is 1.00 bits per heavy atom. The van der Waals surface area contributed by atoms with E-state index in [2.05, 4.69) is 6.92 Å². The molecule has 0 aromatic heterocycles. The van der Waals surface area contributed by atoms with E-state index >= 15 is 0 Å². The van der Waals surface area contributed by atoms with Gasteiger partial charge in [0.05, 0.1) is 18.8 Å². The van der Waals surface area contributed by atoms with E-state index < -0.39 is 5.97 Å². The number of esters is 1. The Bertz CT molecular complexity index is 801. The molecule has 1 N–H and O–H groups in total. The molecule has 0 radical (unpaired) electrons. The Kier molecular flexibility index (Phi) is 16.2. The topological polar surface area (TPSA) is 65.0 Å². The van der Waals surface area contributed by atoms with Crippen LogP contribution in [0, 0.1) is 0 Å². The summed E-state index contributed by atoms with van der Waals surface area (Å²) >= 11 is 0. The summed E-state index contributed by atoms with van der Waals surface area (Å²) in [7, 11) is 0. The third-order valence-electron chi connectivity index (χ3n) is 6.21. The van der Waals surface area contributed by atoms with Gasteiger partial charge in [-0.25, -0.2) is 4.79 Å². The average Bonchev–Trinajstić information content (AvgIpc) is 2.90. The number of hydrogen-bond donors (Lipinski definition) is 1. The molecule has 0 aliphatic rings. The highest BCUT2D eigenvalue weighted by Crippen LogP contribution is 2.20. The van der Waals surface area contributed by atoms with Gasteiger partial charge in [-0.2, -0.15) is 0 Å². The van der Waals surface area contributed by atoms with E-state index in [1.54, 1.807) is 36.4 Å². The maximum absolute atomic E-state index is 12.5. The van der Waals surface area contributed by atoms with Gasteiger partial charge in [0.2, 0.25) is 0 Å². The van der Waals surface area contributed by atoms with Crippen molar-refractivity contribution >= 4 is 5.97 Å². The largest absolute Gasteiger partial charge is 0.494 e. The van der Waals surface area contributed by atoms with E-state index in [0.717, 1.165) is 50.0 Å². The molecule has 0 unspecified atom stereocenters. The second-order valence-electron chi connectivity index (χ2n) is 9.40. The highest BCUT2D eigenvalue weighted by atomic mass is 16.5. The quantitative estimate of drug-likeness (QED) is 0.107. The van der Waals surface area contributed by atoms with Gasteiger partial charge < -0.3 is 19.3 Å². The second kappa shape index (κ2) is 19.6. The molecule has 2 rings (SSSR count). The van der Waals surface area contributed by atoms with Crippen molar-refractivity contribution in [2.24, 2.45) is 0 Å². The summed E-state index contributed by atoms with van der Waals surface area (Å²) in [4.78, 5) is 12.5. The minimum atomic E-state index is -0.392. The molecule has 0 amide bonds. The number of aliphatic hydroxyl groups is 1. The first-order valence-corrected chi connectivity index (χ1v) is 14.0. The van der Waals surface area contributed by atoms with Crippen LogP contribution in [0.15, 0.2) is 48.5 Å². The molecule has 200 valence electrons. The lowest BCUT2D eigenvalue weighted by atomic mass is 10.1. The molecular formula is C31H46O5. The fourth-order valence-electron chi connectivity index (χ4n) is 3.99. The van der Waals surface area contributed by atoms with E-state index in [1.807, 2.05) is 12.1 Å². The Morgan fingerprint density at radius 1 is 0.583 bits per heavy atom. The Labute approximate surface area is 218 Å². The van der Waals surface area contributed by atoms with Crippen molar-refractivity contribution in [2.45, 2.75) is 96.8 Å². The summed E-state index contributed by atoms with van der Waals surface area (Å²) in [6.07, 6.45) is 16.7. The van der Waals surface area contributed by atoms with Crippen LogP contribution in [0.2, 0.25) is 0 Å². The molecule has 5 nitrogen and oxygen atoms in total. The molecule has 0 atom stereocenters. The lowest BCUT2D eigenvalue weighted by Gasteiger charge is -2.09. The van der Waals surface area contributed by atoms with Crippen LogP contribution in [0.3, 0.4) is 0 Å². The summed E-state index contributed by atoms with van der Waals surface area (Å²) in [5, 5.41) is 8.78. The lowest BCUT2D eigenvalue weighted by molar-refractivity contribution is 0.0734.